The summed E-state index contributed by atoms with van der Waals surface area (Å²) >= 11 is 2.07. The number of fused-ring (bicyclic) bond motifs is 9. The summed E-state index contributed by atoms with van der Waals surface area (Å²) in [7, 11) is 11.7. The number of hydrogen-bond donors (Lipinski definition) is 20. The number of aromatic nitrogens is 3. The van der Waals surface area contributed by atoms with Gasteiger partial charge in [-0.1, -0.05) is 20.3 Å². The number of likely N-dealkylation sites (N-methyl/N-ethyl adjacent to an activating group) is 3. The van der Waals surface area contributed by atoms with Gasteiger partial charge in [0, 0.05) is 78.4 Å². The zero-order chi connectivity index (χ0) is 88.8. The van der Waals surface area contributed by atoms with E-state index in [0.717, 1.165) is 20.5 Å². The van der Waals surface area contributed by atoms with Crippen molar-refractivity contribution >= 4 is 118 Å². The average molecular weight is 1770 g/mol. The Morgan fingerprint density at radius 2 is 0.783 bits per heavy atom. The van der Waals surface area contributed by atoms with Crippen molar-refractivity contribution in [3.05, 3.63) is 178 Å². The van der Waals surface area contributed by atoms with Crippen LogP contribution in [0, 0.1) is 39.1 Å². The van der Waals surface area contributed by atoms with E-state index in [-0.39, 0.29) is 88.4 Å². The molecule has 3 heterocycles. The highest BCUT2D eigenvalue weighted by Gasteiger charge is 2.68. The number of phenolic OH excluding ortho intramolecular Hbond substituents is 3. The summed E-state index contributed by atoms with van der Waals surface area (Å²) in [6.07, 6.45) is 3.27. The molecule has 0 unspecified atom stereocenters. The lowest BCUT2D eigenvalue weighted by Gasteiger charge is -2.50. The van der Waals surface area contributed by atoms with Gasteiger partial charge in [-0.2, -0.15) is 0 Å². The molecule has 0 aliphatic heterocycles. The molecule has 3 amide bonds. The monoisotopic (exact) mass is 1770 g/mol. The molecule has 634 valence electrons. The van der Waals surface area contributed by atoms with Crippen molar-refractivity contribution < 1.29 is 124 Å². The van der Waals surface area contributed by atoms with Gasteiger partial charge < -0.3 is 108 Å². The third-order valence-corrected chi connectivity index (χ3v) is 24.6. The maximum Gasteiger partial charge on any atom is 0.505 e. The number of H-pyrrole nitrogens is 3. The van der Waals surface area contributed by atoms with Gasteiger partial charge in [0.2, 0.25) is 17.3 Å². The number of amides is 3. The number of aliphatic hydroxyl groups is 9. The summed E-state index contributed by atoms with van der Waals surface area (Å²) in [6, 6.07) is 15.9. The van der Waals surface area contributed by atoms with Crippen LogP contribution in [0.25, 0.3) is 39.8 Å². The quantitative estimate of drug-likeness (QED) is 0.0341. The molecule has 3 aromatic heterocycles. The first-order chi connectivity index (χ1) is 56.3. The van der Waals surface area contributed by atoms with Crippen molar-refractivity contribution in [1.29, 1.82) is 0 Å². The van der Waals surface area contributed by atoms with Crippen molar-refractivity contribution in [2.75, 3.05) is 56.4 Å². The Labute approximate surface area is 699 Å². The van der Waals surface area contributed by atoms with Gasteiger partial charge in [0.25, 0.3) is 17.7 Å². The molecule has 0 bridgehead atoms. The molecular weight excluding hydrogens is 1670 g/mol. The van der Waals surface area contributed by atoms with Gasteiger partial charge in [0.05, 0.1) is 46.2 Å². The Hall–Kier alpha value is -11.7. The van der Waals surface area contributed by atoms with E-state index < -0.39 is 181 Å². The lowest BCUT2D eigenvalue weighted by Crippen LogP contribution is -2.65. The number of nitrogens with one attached hydrogen (secondary N) is 3. The molecule has 120 heavy (non-hydrogen) atoms. The van der Waals surface area contributed by atoms with Gasteiger partial charge >= 0.3 is 7.12 Å². The number of aromatic amines is 3. The molecule has 23 N–H and O–H groups in total. The third-order valence-electron chi connectivity index (χ3n) is 23.5. The second-order valence-electron chi connectivity index (χ2n) is 31.9. The number of benzene rings is 3. The number of primary amides is 3. The number of Topliss-reactive ketones (excluding diaryl/α,β-unsaturated/α-hetero) is 6. The third kappa shape index (κ3) is 14.6. The Kier molecular flexibility index (Phi) is 24.9. The molecule has 9 aliphatic rings. The zero-order valence-corrected chi connectivity index (χ0v) is 68.8. The summed E-state index contributed by atoms with van der Waals surface area (Å²) < 4.78 is 0.784. The topological polar surface area (TPSA) is 609 Å². The first-order valence-corrected chi connectivity index (χ1v) is 39.0. The minimum atomic E-state index is -2.68. The molecular formula is C83H92BIN10O25. The normalized spacial score (nSPS) is 25.8. The van der Waals surface area contributed by atoms with E-state index in [1.165, 1.54) is 51.5 Å². The van der Waals surface area contributed by atoms with Crippen LogP contribution in [0.15, 0.2) is 124 Å². The minimum absolute atomic E-state index is 0.00876. The van der Waals surface area contributed by atoms with E-state index >= 15 is 0 Å². The Morgan fingerprint density at radius 1 is 0.467 bits per heavy atom. The van der Waals surface area contributed by atoms with E-state index in [1.807, 2.05) is 31.1 Å². The molecule has 37 heteroatoms. The number of nitrogens with two attached hydrogens (primary N) is 3. The van der Waals surface area contributed by atoms with Gasteiger partial charge in [0.1, 0.15) is 68.5 Å². The second kappa shape index (κ2) is 33.5. The number of hydrogen-bond acceptors (Lipinski definition) is 29. The Morgan fingerprint density at radius 3 is 1.09 bits per heavy atom. The summed E-state index contributed by atoms with van der Waals surface area (Å²) in [6.45, 7) is 4.93. The molecule has 6 aromatic rings. The first kappa shape index (κ1) is 89.1. The fourth-order valence-corrected chi connectivity index (χ4v) is 19.2. The standard InChI is InChI=1S/C28H32N4O7.C26H25N3O8.C21H21IN2O7.C5H6BNO3.C3H8/c1-31(2)11-13-5-7-17(30-13)14-6-8-18(33)20-15(14)9-12-10-16-22(32(3)4)24(35)21(27(29)38)26(37)28(16,39)25(36)19(12)23(20)34;1-29(2)20-14-8-10-7-13-12(15-5-3-11(9-30)28-15)4-6-16(31)18(13)21(32)17(10)23(34)26(14,37)24(35)19(22(20)33)25(27)36;1-24(2)15-9-6-7-5-8-10(22)3-4-11(25)13(8)16(26)12(7)18(28)21(9,31)19(29)14(17(15)27)20(23)30;8-3-4-1-2-5(7-4)6(9)10;1-3-2/h5-8,12,16,22,30,33-34,37,39H,9-11H2,1-4H3,(H2,29,38);3-6,9-10,14,20,28,31-32,35,37H,7-8H2,1-2H3,(H2,27,36);3-4,7,9,15,25-26,29,31H,5-6H2,1-2H3,(H2,23,30);1-3,7,9-10H;3H2,1-2H3/t12-,16-,22-,28-;10-,14-,20-,26-;7-,9-,15-,21-;;/m000../s1. The van der Waals surface area contributed by atoms with E-state index in [9.17, 15) is 114 Å². The van der Waals surface area contributed by atoms with Crippen LogP contribution in [0.3, 0.4) is 0 Å². The number of aldehydes is 2. The maximum absolute atomic E-state index is 13.9. The van der Waals surface area contributed by atoms with Gasteiger partial charge in [0.15, 0.2) is 46.7 Å². The molecule has 0 spiro atoms. The van der Waals surface area contributed by atoms with Gasteiger partial charge in [-0.15, -0.1) is 0 Å². The number of phenols is 3. The van der Waals surface area contributed by atoms with Crippen LogP contribution < -0.4 is 22.8 Å². The number of aliphatic hydroxyl groups excluding tert-OH is 6. The summed E-state index contributed by atoms with van der Waals surface area (Å²) in [5, 5.41) is 150. The van der Waals surface area contributed by atoms with E-state index in [1.54, 1.807) is 72.6 Å². The lowest BCUT2D eigenvalue weighted by molar-refractivity contribution is -0.155. The van der Waals surface area contributed by atoms with Crippen LogP contribution in [0.4, 0.5) is 0 Å². The Bertz CT molecular complexity index is 5560. The number of nitrogens with zero attached hydrogens (tertiary/aromatic N) is 4. The summed E-state index contributed by atoms with van der Waals surface area (Å²) in [5.41, 5.74) is 11.4. The Balaban J connectivity index is 0.000000164. The van der Waals surface area contributed by atoms with E-state index in [4.69, 9.17) is 27.2 Å². The fraction of sp³-hybridized carbons (Fsp3) is 0.361. The lowest BCUT2D eigenvalue weighted by atomic mass is 9.57. The number of carbonyl (C=O) groups is 11. The number of halogens is 1. The molecule has 12 atom stereocenters. The minimum Gasteiger partial charge on any atom is -0.508 e. The number of ketones is 6. The van der Waals surface area contributed by atoms with E-state index in [2.05, 4.69) is 51.4 Å². The van der Waals surface area contributed by atoms with Gasteiger partial charge in [-0.3, -0.25) is 67.4 Å². The molecule has 15 rings (SSSR count). The van der Waals surface area contributed by atoms with Crippen molar-refractivity contribution in [2.24, 2.45) is 52.7 Å². The molecule has 3 fully saturated rings. The molecule has 9 aliphatic carbocycles. The highest BCUT2D eigenvalue weighted by molar-refractivity contribution is 14.1. The van der Waals surface area contributed by atoms with Gasteiger partial charge in [-0.25, -0.2) is 0 Å². The van der Waals surface area contributed by atoms with Crippen molar-refractivity contribution in [3.63, 3.8) is 0 Å². The van der Waals surface area contributed by atoms with Crippen LogP contribution in [0.5, 0.6) is 17.2 Å². The van der Waals surface area contributed by atoms with E-state index in [0.29, 0.717) is 64.9 Å². The molecule has 3 saturated carbocycles. The molecule has 0 saturated heterocycles. The van der Waals surface area contributed by atoms with Crippen LogP contribution in [-0.4, -0.2) is 269 Å². The summed E-state index contributed by atoms with van der Waals surface area (Å²) in [5.74, 6) is -20.1. The molecule has 0 radical (unpaired) electrons. The van der Waals surface area contributed by atoms with Crippen molar-refractivity contribution in [3.8, 4) is 39.8 Å². The number of carbonyl (C=O) groups excluding carboxylic acids is 11. The van der Waals surface area contributed by atoms with Crippen LogP contribution >= 0.6 is 22.6 Å². The maximum atomic E-state index is 13.9. The highest BCUT2D eigenvalue weighted by Crippen LogP contribution is 2.58. The SMILES string of the molecule is CCC.CN(C)Cc1ccc(-c2ccc(O)c3c2C[C@H]2C[C@H]4[C@H](N(C)C)C(=O)C(C(N)=O)=C(O)[C@@]4(O)C(=O)C2=C3O)[nH]1.CN(C)[C@@H]1C(=O)C(C(N)=O)=C(O)[C@@]2(O)C(=O)C3=C(O)c4c(O)ccc(-c5ccc(C=O)[nH]5)c4C[C@H]3C[C@@H]12.CN(C)[C@@H]1C(=O)C(C(N)=O)=C(O)[C@@]2(O)C(=O)C3=C(O)c4c(O)ccc(I)c4C[C@H]3C[C@@H]12.O=Cc1ccc(B(O)O)[nH]1. The van der Waals surface area contributed by atoms with Crippen molar-refractivity contribution in [1.82, 2.24) is 34.6 Å². The van der Waals surface area contributed by atoms with Crippen LogP contribution in [0.1, 0.15) is 99.6 Å². The number of aromatic hydroxyl groups is 3. The first-order valence-electron chi connectivity index (χ1n) is 37.9. The molecule has 35 nitrogen and oxygen atoms in total. The average Bonchev–Trinajstić information content (AvgIpc) is 0.789. The zero-order valence-electron chi connectivity index (χ0n) is 66.7. The predicted molar refractivity (Wildman–Crippen MR) is 440 cm³/mol. The second-order valence-corrected chi connectivity index (χ2v) is 33.1. The predicted octanol–water partition coefficient (Wildman–Crippen LogP) is 2.28. The van der Waals surface area contributed by atoms with Gasteiger partial charge in [-0.05, 0) is 225 Å². The van der Waals surface area contributed by atoms with Crippen LogP contribution in [-0.2, 0) is 69.0 Å². The summed E-state index contributed by atoms with van der Waals surface area (Å²) in [4.78, 5) is 153. The fourth-order valence-electron chi connectivity index (χ4n) is 18.5. The largest absolute Gasteiger partial charge is 0.508 e. The highest BCUT2D eigenvalue weighted by atomic mass is 127. The molecule has 3 aromatic carbocycles. The number of rotatable bonds is 13. The smallest absolute Gasteiger partial charge is 0.505 e. The van der Waals surface area contributed by atoms with Crippen molar-refractivity contribution in [2.45, 2.75) is 100 Å². The van der Waals surface area contributed by atoms with Crippen LogP contribution in [0.2, 0.25) is 0 Å².